The van der Waals surface area contributed by atoms with Crippen LogP contribution in [0.5, 0.6) is 0 Å². The van der Waals surface area contributed by atoms with Gasteiger partial charge < -0.3 is 4.57 Å². The quantitative estimate of drug-likeness (QED) is 0.506. The highest BCUT2D eigenvalue weighted by molar-refractivity contribution is 7.90. The Labute approximate surface area is 179 Å². The maximum absolute atomic E-state index is 12.7. The third-order valence-corrected chi connectivity index (χ3v) is 6.48. The molecule has 1 amide bonds. The number of imidazole rings is 1. The molecule has 1 heterocycles. The molecule has 0 fully saturated rings. The van der Waals surface area contributed by atoms with Gasteiger partial charge in [-0.05, 0) is 48.9 Å². The molecule has 1 aromatic heterocycles. The second-order valence-electron chi connectivity index (χ2n) is 6.79. The first kappa shape index (κ1) is 20.1. The van der Waals surface area contributed by atoms with Crippen molar-refractivity contribution in [1.29, 1.82) is 0 Å². The average molecular weight is 440 g/mol. The van der Waals surface area contributed by atoms with Gasteiger partial charge in [-0.25, -0.2) is 18.1 Å². The molecule has 4 aromatic rings. The number of carbonyl (C=O) groups is 1. The van der Waals surface area contributed by atoms with Gasteiger partial charge in [0.25, 0.3) is 15.9 Å². The van der Waals surface area contributed by atoms with E-state index in [1.807, 2.05) is 35.8 Å². The molecule has 152 valence electrons. The summed E-state index contributed by atoms with van der Waals surface area (Å²) in [7, 11) is -3.96. The zero-order valence-corrected chi connectivity index (χ0v) is 17.6. The zero-order valence-electron chi connectivity index (χ0n) is 16.0. The second-order valence-corrected chi connectivity index (χ2v) is 8.88. The van der Waals surface area contributed by atoms with E-state index < -0.39 is 15.9 Å². The van der Waals surface area contributed by atoms with Gasteiger partial charge in [0.1, 0.15) is 5.82 Å². The van der Waals surface area contributed by atoms with Crippen LogP contribution in [0.1, 0.15) is 21.7 Å². The molecule has 0 aliphatic carbocycles. The van der Waals surface area contributed by atoms with E-state index in [1.54, 1.807) is 36.4 Å². The Morgan fingerprint density at radius 1 is 1.03 bits per heavy atom. The summed E-state index contributed by atoms with van der Waals surface area (Å²) < 4.78 is 29.0. The van der Waals surface area contributed by atoms with Crippen LogP contribution >= 0.6 is 11.6 Å². The normalized spacial score (nSPS) is 11.5. The van der Waals surface area contributed by atoms with Crippen LogP contribution in [0, 0.1) is 6.92 Å². The molecule has 6 nitrogen and oxygen atoms in total. The van der Waals surface area contributed by atoms with Crippen LogP contribution in [-0.4, -0.2) is 23.9 Å². The highest BCUT2D eigenvalue weighted by atomic mass is 35.5. The number of benzene rings is 3. The molecule has 30 heavy (non-hydrogen) atoms. The molecule has 0 unspecified atom stereocenters. The molecule has 0 atom stereocenters. The van der Waals surface area contributed by atoms with Gasteiger partial charge in [-0.15, -0.1) is 0 Å². The number of rotatable bonds is 5. The standard InChI is InChI=1S/C22H18ClN3O3S/c1-15-24-20-12-11-16(22(27)25-30(28,29)18-8-3-2-4-9-18)13-21(20)26(15)14-17-7-5-6-10-19(17)23/h2-13H,14H2,1H3,(H,25,27). The van der Waals surface area contributed by atoms with Crippen LogP contribution in [0.25, 0.3) is 11.0 Å². The first-order valence-corrected chi connectivity index (χ1v) is 11.0. The zero-order chi connectivity index (χ0) is 21.3. The predicted molar refractivity (Wildman–Crippen MR) is 116 cm³/mol. The summed E-state index contributed by atoms with van der Waals surface area (Å²) in [6, 6.07) is 20.2. The Hall–Kier alpha value is -3.16. The summed E-state index contributed by atoms with van der Waals surface area (Å²) in [5.41, 5.74) is 2.57. The van der Waals surface area contributed by atoms with Crippen molar-refractivity contribution in [2.45, 2.75) is 18.4 Å². The first-order chi connectivity index (χ1) is 14.3. The number of nitrogens with one attached hydrogen (secondary N) is 1. The molecule has 1 N–H and O–H groups in total. The number of aryl methyl sites for hydroxylation is 1. The van der Waals surface area contributed by atoms with Crippen LogP contribution in [0.15, 0.2) is 77.7 Å². The number of aromatic nitrogens is 2. The van der Waals surface area contributed by atoms with E-state index in [9.17, 15) is 13.2 Å². The number of hydrogen-bond donors (Lipinski definition) is 1. The summed E-state index contributed by atoms with van der Waals surface area (Å²) in [6.45, 7) is 2.35. The molecule has 0 aliphatic rings. The molecule has 0 saturated heterocycles. The first-order valence-electron chi connectivity index (χ1n) is 9.17. The largest absolute Gasteiger partial charge is 0.324 e. The molecule has 3 aromatic carbocycles. The van der Waals surface area contributed by atoms with E-state index >= 15 is 0 Å². The summed E-state index contributed by atoms with van der Waals surface area (Å²) in [6.07, 6.45) is 0. The van der Waals surface area contributed by atoms with Crippen molar-refractivity contribution in [2.24, 2.45) is 0 Å². The minimum Gasteiger partial charge on any atom is -0.324 e. The number of hydrogen-bond acceptors (Lipinski definition) is 4. The Morgan fingerprint density at radius 3 is 2.47 bits per heavy atom. The average Bonchev–Trinajstić information content (AvgIpc) is 3.04. The Morgan fingerprint density at radius 2 is 1.73 bits per heavy atom. The summed E-state index contributed by atoms with van der Waals surface area (Å²) in [5.74, 6) is 0.0586. The maximum Gasteiger partial charge on any atom is 0.265 e. The molecule has 0 bridgehead atoms. The molecule has 0 spiro atoms. The van der Waals surface area contributed by atoms with Gasteiger partial charge in [-0.3, -0.25) is 4.79 Å². The van der Waals surface area contributed by atoms with Crippen LogP contribution in [0.4, 0.5) is 0 Å². The van der Waals surface area contributed by atoms with E-state index in [4.69, 9.17) is 11.6 Å². The lowest BCUT2D eigenvalue weighted by molar-refractivity contribution is 0.0981. The van der Waals surface area contributed by atoms with Crippen molar-refractivity contribution < 1.29 is 13.2 Å². The minimum atomic E-state index is -3.96. The highest BCUT2D eigenvalue weighted by Crippen LogP contribution is 2.23. The predicted octanol–water partition coefficient (Wildman–Crippen LogP) is 4.17. The van der Waals surface area contributed by atoms with Crippen LogP contribution in [0.3, 0.4) is 0 Å². The van der Waals surface area contributed by atoms with Crippen LogP contribution < -0.4 is 4.72 Å². The fourth-order valence-corrected chi connectivity index (χ4v) is 4.41. The molecule has 0 aliphatic heterocycles. The van der Waals surface area contributed by atoms with Gasteiger partial charge in [0, 0.05) is 10.6 Å². The molecular weight excluding hydrogens is 422 g/mol. The van der Waals surface area contributed by atoms with E-state index in [1.165, 1.54) is 12.1 Å². The van der Waals surface area contributed by atoms with Crippen molar-refractivity contribution in [1.82, 2.24) is 14.3 Å². The van der Waals surface area contributed by atoms with Crippen molar-refractivity contribution in [3.63, 3.8) is 0 Å². The highest BCUT2D eigenvalue weighted by Gasteiger charge is 2.19. The molecule has 4 rings (SSSR count). The topological polar surface area (TPSA) is 81.1 Å². The number of nitrogens with zero attached hydrogens (tertiary/aromatic N) is 2. The summed E-state index contributed by atoms with van der Waals surface area (Å²) >= 11 is 6.29. The van der Waals surface area contributed by atoms with Gasteiger partial charge in [0.05, 0.1) is 22.5 Å². The third-order valence-electron chi connectivity index (χ3n) is 4.77. The van der Waals surface area contributed by atoms with E-state index in [0.717, 1.165) is 16.9 Å². The van der Waals surface area contributed by atoms with Gasteiger partial charge in [0.15, 0.2) is 0 Å². The van der Waals surface area contributed by atoms with E-state index in [0.29, 0.717) is 17.1 Å². The fourth-order valence-electron chi connectivity index (χ4n) is 3.22. The SMILES string of the molecule is Cc1nc2ccc(C(=O)NS(=O)(=O)c3ccccc3)cc2n1Cc1ccccc1Cl. The number of sulfonamides is 1. The summed E-state index contributed by atoms with van der Waals surface area (Å²) in [5, 5.41) is 0.640. The van der Waals surface area contributed by atoms with Crippen LogP contribution in [-0.2, 0) is 16.6 Å². The fraction of sp³-hybridized carbons (Fsp3) is 0.0909. The summed E-state index contributed by atoms with van der Waals surface area (Å²) in [4.78, 5) is 17.2. The molecule has 8 heteroatoms. The second kappa shape index (κ2) is 7.93. The van der Waals surface area contributed by atoms with Crippen molar-refractivity contribution in [2.75, 3.05) is 0 Å². The van der Waals surface area contributed by atoms with Gasteiger partial charge >= 0.3 is 0 Å². The van der Waals surface area contributed by atoms with Crippen molar-refractivity contribution in [3.8, 4) is 0 Å². The lowest BCUT2D eigenvalue weighted by Gasteiger charge is -2.10. The Bertz CT molecular complexity index is 1350. The van der Waals surface area contributed by atoms with Gasteiger partial charge in [-0.2, -0.15) is 0 Å². The van der Waals surface area contributed by atoms with Crippen molar-refractivity contribution in [3.05, 3.63) is 94.8 Å². The number of carbonyl (C=O) groups excluding carboxylic acids is 1. The monoisotopic (exact) mass is 439 g/mol. The minimum absolute atomic E-state index is 0.0269. The Kier molecular flexibility index (Phi) is 5.32. The van der Waals surface area contributed by atoms with Gasteiger partial charge in [-0.1, -0.05) is 48.0 Å². The van der Waals surface area contributed by atoms with Crippen LogP contribution in [0.2, 0.25) is 5.02 Å². The number of halogens is 1. The lowest BCUT2D eigenvalue weighted by atomic mass is 10.2. The number of amides is 1. The van der Waals surface area contributed by atoms with Crippen molar-refractivity contribution >= 4 is 38.6 Å². The maximum atomic E-state index is 12.7. The third kappa shape index (κ3) is 3.94. The Balaban J connectivity index is 1.68. The molecule has 0 saturated carbocycles. The van der Waals surface area contributed by atoms with E-state index in [2.05, 4.69) is 9.71 Å². The van der Waals surface area contributed by atoms with Gasteiger partial charge in [0.2, 0.25) is 0 Å². The molecule has 0 radical (unpaired) electrons. The molecular formula is C22H18ClN3O3S. The van der Waals surface area contributed by atoms with E-state index in [-0.39, 0.29) is 10.5 Å². The number of fused-ring (bicyclic) bond motifs is 1. The smallest absolute Gasteiger partial charge is 0.265 e. The lowest BCUT2D eigenvalue weighted by Crippen LogP contribution is -2.30.